The van der Waals surface area contributed by atoms with Crippen molar-refractivity contribution < 1.29 is 4.79 Å². The Morgan fingerprint density at radius 2 is 1.49 bits per heavy atom. The van der Waals surface area contributed by atoms with E-state index in [0.717, 1.165) is 29.9 Å². The largest absolute Gasteiger partial charge is 0.351 e. The minimum Gasteiger partial charge on any atom is -0.351 e. The number of rotatable bonds is 11. The highest BCUT2D eigenvalue weighted by Gasteiger charge is 2.23. The SMILES string of the molecule is C[C@H](NCc1ccccn1)C(=O)NCc1ccc(CNC2CCC(NC3CCCCC3)CC2)cc1. The molecule has 0 saturated heterocycles. The van der Waals surface area contributed by atoms with Crippen LogP contribution in [0.25, 0.3) is 0 Å². The first kappa shape index (κ1) is 25.8. The molecule has 1 heterocycles. The summed E-state index contributed by atoms with van der Waals surface area (Å²) in [5.74, 6) is 0.000235. The smallest absolute Gasteiger partial charge is 0.237 e. The van der Waals surface area contributed by atoms with E-state index in [1.165, 1.54) is 63.4 Å². The molecule has 2 aromatic rings. The highest BCUT2D eigenvalue weighted by Crippen LogP contribution is 2.23. The van der Waals surface area contributed by atoms with E-state index in [9.17, 15) is 4.79 Å². The summed E-state index contributed by atoms with van der Waals surface area (Å²) < 4.78 is 0. The third-order valence-corrected chi connectivity index (χ3v) is 7.60. The molecule has 35 heavy (non-hydrogen) atoms. The average molecular weight is 478 g/mol. The minimum absolute atomic E-state index is 0.000235. The monoisotopic (exact) mass is 477 g/mol. The van der Waals surface area contributed by atoms with Crippen molar-refractivity contribution in [1.82, 2.24) is 26.3 Å². The van der Waals surface area contributed by atoms with E-state index >= 15 is 0 Å². The van der Waals surface area contributed by atoms with E-state index in [-0.39, 0.29) is 11.9 Å². The Balaban J connectivity index is 1.10. The zero-order valence-electron chi connectivity index (χ0n) is 21.3. The minimum atomic E-state index is -0.270. The van der Waals surface area contributed by atoms with Gasteiger partial charge < -0.3 is 21.3 Å². The maximum Gasteiger partial charge on any atom is 0.237 e. The zero-order chi connectivity index (χ0) is 24.3. The standard InChI is InChI=1S/C29H43N5O/c1-22(31-21-28-9-5-6-18-30-28)29(35)33-20-24-12-10-23(11-13-24)19-32-25-14-16-27(17-15-25)34-26-7-3-2-4-8-26/h5-6,9-13,18,22,25-27,31-32,34H,2-4,7-8,14-17,19-21H2,1H3,(H,33,35)/t22-,25?,27?/m0/s1. The fraction of sp³-hybridized carbons (Fsp3) is 0.586. The first-order valence-corrected chi connectivity index (χ1v) is 13.6. The molecule has 0 radical (unpaired) electrons. The topological polar surface area (TPSA) is 78.1 Å². The van der Waals surface area contributed by atoms with Gasteiger partial charge in [0.2, 0.25) is 5.91 Å². The van der Waals surface area contributed by atoms with Gasteiger partial charge in [-0.05, 0) is 68.7 Å². The van der Waals surface area contributed by atoms with Crippen LogP contribution < -0.4 is 21.3 Å². The number of pyridine rings is 1. The van der Waals surface area contributed by atoms with Gasteiger partial charge in [0.25, 0.3) is 0 Å². The molecular formula is C29H43N5O. The Morgan fingerprint density at radius 1 is 0.829 bits per heavy atom. The van der Waals surface area contributed by atoms with Gasteiger partial charge in [-0.3, -0.25) is 9.78 Å². The molecule has 190 valence electrons. The van der Waals surface area contributed by atoms with Crippen LogP contribution in [0, 0.1) is 0 Å². The van der Waals surface area contributed by atoms with E-state index in [1.54, 1.807) is 6.20 Å². The first-order valence-electron chi connectivity index (χ1n) is 13.6. The number of nitrogens with one attached hydrogen (secondary N) is 4. The van der Waals surface area contributed by atoms with E-state index in [1.807, 2.05) is 25.1 Å². The Morgan fingerprint density at radius 3 is 2.17 bits per heavy atom. The van der Waals surface area contributed by atoms with Crippen LogP contribution >= 0.6 is 0 Å². The number of nitrogens with zero attached hydrogens (tertiary/aromatic N) is 1. The lowest BCUT2D eigenvalue weighted by Gasteiger charge is -2.34. The second-order valence-electron chi connectivity index (χ2n) is 10.4. The number of aromatic nitrogens is 1. The molecule has 2 fully saturated rings. The molecule has 6 heteroatoms. The van der Waals surface area contributed by atoms with Gasteiger partial charge in [-0.25, -0.2) is 0 Å². The van der Waals surface area contributed by atoms with Gasteiger partial charge in [0.1, 0.15) is 0 Å². The fourth-order valence-electron chi connectivity index (χ4n) is 5.30. The summed E-state index contributed by atoms with van der Waals surface area (Å²) in [6, 6.07) is 16.2. The van der Waals surface area contributed by atoms with Crippen LogP contribution in [0.15, 0.2) is 48.7 Å². The molecule has 1 atom stereocenters. The molecule has 0 bridgehead atoms. The Hall–Kier alpha value is -2.28. The van der Waals surface area contributed by atoms with E-state index in [4.69, 9.17) is 0 Å². The quantitative estimate of drug-likeness (QED) is 0.390. The van der Waals surface area contributed by atoms with Gasteiger partial charge in [0.05, 0.1) is 11.7 Å². The van der Waals surface area contributed by atoms with Crippen molar-refractivity contribution >= 4 is 5.91 Å². The number of benzene rings is 1. The van der Waals surface area contributed by atoms with E-state index in [0.29, 0.717) is 19.1 Å². The fourth-order valence-corrected chi connectivity index (χ4v) is 5.30. The van der Waals surface area contributed by atoms with Crippen molar-refractivity contribution in [2.75, 3.05) is 0 Å². The molecule has 2 saturated carbocycles. The third-order valence-electron chi connectivity index (χ3n) is 7.60. The normalized spacial score (nSPS) is 22.0. The van der Waals surface area contributed by atoms with Gasteiger partial charge in [0, 0.05) is 44.0 Å². The van der Waals surface area contributed by atoms with Crippen molar-refractivity contribution in [1.29, 1.82) is 0 Å². The molecular weight excluding hydrogens is 434 g/mol. The molecule has 1 amide bonds. The number of amides is 1. The average Bonchev–Trinajstić information content (AvgIpc) is 2.91. The van der Waals surface area contributed by atoms with E-state index < -0.39 is 0 Å². The van der Waals surface area contributed by atoms with Gasteiger partial charge in [-0.2, -0.15) is 0 Å². The van der Waals surface area contributed by atoms with Crippen LogP contribution in [-0.2, 0) is 24.4 Å². The van der Waals surface area contributed by atoms with Crippen LogP contribution in [0.1, 0.15) is 81.5 Å². The third kappa shape index (κ3) is 8.71. The van der Waals surface area contributed by atoms with E-state index in [2.05, 4.69) is 50.5 Å². The molecule has 0 aliphatic heterocycles. The summed E-state index contributed by atoms with van der Waals surface area (Å²) in [5, 5.41) is 14.0. The van der Waals surface area contributed by atoms with Crippen LogP contribution in [0.4, 0.5) is 0 Å². The van der Waals surface area contributed by atoms with Crippen LogP contribution in [0.3, 0.4) is 0 Å². The second kappa shape index (κ2) is 13.7. The lowest BCUT2D eigenvalue weighted by Crippen LogP contribution is -2.44. The molecule has 4 N–H and O–H groups in total. The molecule has 6 nitrogen and oxygen atoms in total. The molecule has 2 aliphatic carbocycles. The van der Waals surface area contributed by atoms with Gasteiger partial charge >= 0.3 is 0 Å². The highest BCUT2D eigenvalue weighted by molar-refractivity contribution is 5.81. The Labute approximate surface area is 211 Å². The lowest BCUT2D eigenvalue weighted by molar-refractivity contribution is -0.122. The summed E-state index contributed by atoms with van der Waals surface area (Å²) in [5.41, 5.74) is 3.35. The maximum absolute atomic E-state index is 12.4. The predicted molar refractivity (Wildman–Crippen MR) is 142 cm³/mol. The van der Waals surface area contributed by atoms with Crippen LogP contribution in [0.2, 0.25) is 0 Å². The summed E-state index contributed by atoms with van der Waals surface area (Å²) >= 11 is 0. The van der Waals surface area contributed by atoms with Crippen molar-refractivity contribution in [2.24, 2.45) is 0 Å². The molecule has 0 unspecified atom stereocenters. The number of hydrogen-bond acceptors (Lipinski definition) is 5. The highest BCUT2D eigenvalue weighted by atomic mass is 16.2. The number of carbonyl (C=O) groups excluding carboxylic acids is 1. The summed E-state index contributed by atoms with van der Waals surface area (Å²) in [6.07, 6.45) is 13.9. The molecule has 0 spiro atoms. The van der Waals surface area contributed by atoms with Crippen molar-refractivity contribution in [3.05, 3.63) is 65.5 Å². The Kier molecular flexibility index (Phi) is 10.1. The van der Waals surface area contributed by atoms with Crippen molar-refractivity contribution in [2.45, 2.75) is 109 Å². The van der Waals surface area contributed by atoms with Crippen molar-refractivity contribution in [3.63, 3.8) is 0 Å². The summed E-state index contributed by atoms with van der Waals surface area (Å²) in [4.78, 5) is 16.7. The van der Waals surface area contributed by atoms with Crippen molar-refractivity contribution in [3.8, 4) is 0 Å². The van der Waals surface area contributed by atoms with Gasteiger partial charge in [-0.15, -0.1) is 0 Å². The van der Waals surface area contributed by atoms with Gasteiger partial charge in [-0.1, -0.05) is 49.6 Å². The molecule has 1 aromatic heterocycles. The van der Waals surface area contributed by atoms with Gasteiger partial charge in [0.15, 0.2) is 0 Å². The number of carbonyl (C=O) groups is 1. The predicted octanol–water partition coefficient (Wildman–Crippen LogP) is 4.20. The molecule has 1 aromatic carbocycles. The number of hydrogen-bond donors (Lipinski definition) is 4. The van der Waals surface area contributed by atoms with Crippen LogP contribution in [0.5, 0.6) is 0 Å². The van der Waals surface area contributed by atoms with Crippen LogP contribution in [-0.4, -0.2) is 35.1 Å². The second-order valence-corrected chi connectivity index (χ2v) is 10.4. The Bertz CT molecular complexity index is 874. The summed E-state index contributed by atoms with van der Waals surface area (Å²) in [6.45, 7) is 3.91. The zero-order valence-corrected chi connectivity index (χ0v) is 21.3. The maximum atomic E-state index is 12.4. The first-order chi connectivity index (χ1) is 17.2. The summed E-state index contributed by atoms with van der Waals surface area (Å²) in [7, 11) is 0. The molecule has 4 rings (SSSR count). The molecule has 2 aliphatic rings. The lowest BCUT2D eigenvalue weighted by atomic mass is 9.88.